The van der Waals surface area contributed by atoms with Gasteiger partial charge < -0.3 is 9.88 Å². The Balaban J connectivity index is 1.53. The first-order chi connectivity index (χ1) is 10.6. The van der Waals surface area contributed by atoms with E-state index in [0.29, 0.717) is 6.54 Å². The molecule has 0 radical (unpaired) electrons. The summed E-state index contributed by atoms with van der Waals surface area (Å²) in [5, 5.41) is 3.57. The van der Waals surface area contributed by atoms with Crippen LogP contribution in [0.15, 0.2) is 29.4 Å². The van der Waals surface area contributed by atoms with E-state index in [1.54, 1.807) is 4.57 Å². The van der Waals surface area contributed by atoms with Crippen molar-refractivity contribution in [2.24, 2.45) is 0 Å². The number of nitrogens with zero attached hydrogens (tertiary/aromatic N) is 2. The summed E-state index contributed by atoms with van der Waals surface area (Å²) < 4.78 is 29.4. The van der Waals surface area contributed by atoms with E-state index in [1.165, 1.54) is 17.3 Å². The highest BCUT2D eigenvalue weighted by atomic mass is 32.2. The highest BCUT2D eigenvalue weighted by Crippen LogP contribution is 2.21. The zero-order valence-electron chi connectivity index (χ0n) is 12.2. The van der Waals surface area contributed by atoms with Gasteiger partial charge in [-0.25, -0.2) is 18.1 Å². The largest absolute Gasteiger partial charge is 0.318 e. The Morgan fingerprint density at radius 3 is 3.05 bits per heavy atom. The second kappa shape index (κ2) is 5.19. The molecule has 0 atom stereocenters. The van der Waals surface area contributed by atoms with E-state index in [-0.39, 0.29) is 5.03 Å². The molecule has 0 saturated carbocycles. The summed E-state index contributed by atoms with van der Waals surface area (Å²) in [6, 6.07) is 6.11. The molecule has 7 heteroatoms. The molecule has 0 amide bonds. The van der Waals surface area contributed by atoms with Crippen molar-refractivity contribution in [1.29, 1.82) is 0 Å². The maximum absolute atomic E-state index is 12.5. The van der Waals surface area contributed by atoms with Crippen molar-refractivity contribution < 1.29 is 8.42 Å². The van der Waals surface area contributed by atoms with E-state index < -0.39 is 10.0 Å². The maximum Gasteiger partial charge on any atom is 0.258 e. The monoisotopic (exact) mass is 318 g/mol. The zero-order chi connectivity index (χ0) is 15.2. The smallest absolute Gasteiger partial charge is 0.258 e. The molecule has 0 fully saturated rings. The van der Waals surface area contributed by atoms with Crippen molar-refractivity contribution in [3.8, 4) is 0 Å². The van der Waals surface area contributed by atoms with Gasteiger partial charge in [0.05, 0.1) is 6.20 Å². The van der Waals surface area contributed by atoms with Crippen molar-refractivity contribution in [3.05, 3.63) is 46.9 Å². The van der Waals surface area contributed by atoms with Crippen LogP contribution in [0.5, 0.6) is 0 Å². The van der Waals surface area contributed by atoms with Crippen LogP contribution in [0.3, 0.4) is 0 Å². The molecule has 4 rings (SSSR count). The summed E-state index contributed by atoms with van der Waals surface area (Å²) >= 11 is 0. The quantitative estimate of drug-likeness (QED) is 0.878. The van der Waals surface area contributed by atoms with Gasteiger partial charge in [0.1, 0.15) is 5.82 Å². The number of hydrogen-bond acceptors (Lipinski definition) is 4. The Kier molecular flexibility index (Phi) is 3.28. The fourth-order valence-corrected chi connectivity index (χ4v) is 4.34. The van der Waals surface area contributed by atoms with Crippen molar-refractivity contribution in [2.75, 3.05) is 0 Å². The Bertz CT molecular complexity index is 826. The highest BCUT2D eigenvalue weighted by molar-refractivity contribution is 7.89. The number of fused-ring (bicyclic) bond motifs is 2. The minimum Gasteiger partial charge on any atom is -0.318 e. The normalized spacial score (nSPS) is 16.7. The molecule has 0 aliphatic carbocycles. The van der Waals surface area contributed by atoms with Gasteiger partial charge in [-0.3, -0.25) is 0 Å². The highest BCUT2D eigenvalue weighted by Gasteiger charge is 2.24. The summed E-state index contributed by atoms with van der Waals surface area (Å²) in [7, 11) is -3.52. The van der Waals surface area contributed by atoms with Crippen LogP contribution in [-0.2, 0) is 42.6 Å². The van der Waals surface area contributed by atoms with Gasteiger partial charge in [-0.15, -0.1) is 0 Å². The van der Waals surface area contributed by atoms with E-state index in [9.17, 15) is 8.42 Å². The molecule has 2 aliphatic rings. The summed E-state index contributed by atoms with van der Waals surface area (Å²) in [6.07, 6.45) is 3.28. The van der Waals surface area contributed by atoms with Crippen molar-refractivity contribution in [1.82, 2.24) is 19.6 Å². The lowest BCUT2D eigenvalue weighted by Gasteiger charge is -2.09. The number of imidazole rings is 1. The van der Waals surface area contributed by atoms with Gasteiger partial charge in [-0.2, -0.15) is 0 Å². The Labute approximate surface area is 129 Å². The van der Waals surface area contributed by atoms with Crippen LogP contribution in [-0.4, -0.2) is 18.0 Å². The first-order valence-electron chi connectivity index (χ1n) is 7.49. The summed E-state index contributed by atoms with van der Waals surface area (Å²) in [5.41, 5.74) is 3.52. The lowest BCUT2D eigenvalue weighted by atomic mass is 10.1. The number of nitrogens with one attached hydrogen (secondary N) is 2. The average molecular weight is 318 g/mol. The molecule has 6 nitrogen and oxygen atoms in total. The molecule has 0 spiro atoms. The SMILES string of the molecule is O=S(=O)(NCc1ccc2c(c1)CNC2)c1cnc2n1CCC2. The number of aromatic nitrogens is 2. The summed E-state index contributed by atoms with van der Waals surface area (Å²) in [4.78, 5) is 4.20. The van der Waals surface area contributed by atoms with Gasteiger partial charge in [0.2, 0.25) is 0 Å². The summed E-state index contributed by atoms with van der Waals surface area (Å²) in [6.45, 7) is 2.78. The average Bonchev–Trinajstić information content (AvgIpc) is 3.19. The van der Waals surface area contributed by atoms with Gasteiger partial charge in [0.15, 0.2) is 5.03 Å². The second-order valence-corrected chi connectivity index (χ2v) is 7.51. The molecular formula is C15H18N4O2S. The Hall–Kier alpha value is -1.70. The zero-order valence-corrected chi connectivity index (χ0v) is 13.0. The number of benzene rings is 1. The molecule has 3 heterocycles. The first-order valence-corrected chi connectivity index (χ1v) is 8.97. The van der Waals surface area contributed by atoms with Crippen LogP contribution in [0, 0.1) is 0 Å². The molecule has 1 aromatic heterocycles. The minimum absolute atomic E-state index is 0.280. The molecule has 1 aromatic carbocycles. The van der Waals surface area contributed by atoms with Gasteiger partial charge in [-0.05, 0) is 23.1 Å². The van der Waals surface area contributed by atoms with Gasteiger partial charge in [-0.1, -0.05) is 18.2 Å². The number of sulfonamides is 1. The first kappa shape index (κ1) is 13.9. The van der Waals surface area contributed by atoms with Gasteiger partial charge in [0.25, 0.3) is 10.0 Å². The van der Waals surface area contributed by atoms with E-state index in [4.69, 9.17) is 0 Å². The third-order valence-electron chi connectivity index (χ3n) is 4.33. The predicted octanol–water partition coefficient (Wildman–Crippen LogP) is 0.911. The maximum atomic E-state index is 12.5. The van der Waals surface area contributed by atoms with E-state index >= 15 is 0 Å². The van der Waals surface area contributed by atoms with Gasteiger partial charge in [0, 0.05) is 32.6 Å². The van der Waals surface area contributed by atoms with Crippen LogP contribution in [0.4, 0.5) is 0 Å². The number of aryl methyl sites for hydroxylation is 1. The lowest BCUT2D eigenvalue weighted by molar-refractivity contribution is 0.564. The fourth-order valence-electron chi connectivity index (χ4n) is 3.16. The van der Waals surface area contributed by atoms with Gasteiger partial charge >= 0.3 is 0 Å². The molecule has 0 unspecified atom stereocenters. The predicted molar refractivity (Wildman–Crippen MR) is 81.6 cm³/mol. The molecule has 116 valence electrons. The third kappa shape index (κ3) is 2.35. The molecule has 22 heavy (non-hydrogen) atoms. The van der Waals surface area contributed by atoms with E-state index in [2.05, 4.69) is 27.2 Å². The fraction of sp³-hybridized carbons (Fsp3) is 0.400. The molecule has 0 bridgehead atoms. The third-order valence-corrected chi connectivity index (χ3v) is 5.73. The standard InChI is InChI=1S/C15H18N4O2S/c20-22(21,15-10-17-14-2-1-5-19(14)15)18-7-11-3-4-12-8-16-9-13(12)6-11/h3-4,6,10,16,18H,1-2,5,7-9H2. The molecule has 2 N–H and O–H groups in total. The number of hydrogen-bond donors (Lipinski definition) is 2. The molecule has 2 aromatic rings. The van der Waals surface area contributed by atoms with Crippen LogP contribution in [0.1, 0.15) is 28.9 Å². The van der Waals surface area contributed by atoms with Crippen LogP contribution in [0.2, 0.25) is 0 Å². The summed E-state index contributed by atoms with van der Waals surface area (Å²) in [5.74, 6) is 0.865. The number of rotatable bonds is 4. The second-order valence-electron chi connectivity index (χ2n) is 5.80. The molecule has 2 aliphatic heterocycles. The van der Waals surface area contributed by atoms with E-state index in [1.807, 2.05) is 6.07 Å². The lowest BCUT2D eigenvalue weighted by Crippen LogP contribution is -2.25. The Morgan fingerprint density at radius 2 is 2.14 bits per heavy atom. The van der Waals surface area contributed by atoms with Crippen molar-refractivity contribution in [2.45, 2.75) is 44.0 Å². The van der Waals surface area contributed by atoms with Crippen LogP contribution >= 0.6 is 0 Å². The van der Waals surface area contributed by atoms with Crippen molar-refractivity contribution in [3.63, 3.8) is 0 Å². The molecular weight excluding hydrogens is 300 g/mol. The van der Waals surface area contributed by atoms with Crippen molar-refractivity contribution >= 4 is 10.0 Å². The topological polar surface area (TPSA) is 76.0 Å². The Morgan fingerprint density at radius 1 is 1.27 bits per heavy atom. The van der Waals surface area contributed by atoms with Crippen LogP contribution in [0.25, 0.3) is 0 Å². The van der Waals surface area contributed by atoms with Crippen LogP contribution < -0.4 is 10.0 Å². The minimum atomic E-state index is -3.52. The molecule has 0 saturated heterocycles. The van der Waals surface area contributed by atoms with E-state index in [0.717, 1.165) is 43.9 Å².